The SMILES string of the molecule is COC(=O)/C=C/c1ccc(OCCOc2ccc(C)cc2)c(OC)c1. The van der Waals surface area contributed by atoms with Crippen LogP contribution in [0.5, 0.6) is 17.2 Å². The summed E-state index contributed by atoms with van der Waals surface area (Å²) >= 11 is 0. The van der Waals surface area contributed by atoms with E-state index in [1.54, 1.807) is 25.3 Å². The smallest absolute Gasteiger partial charge is 0.330 e. The van der Waals surface area contributed by atoms with Crippen LogP contribution in [0.1, 0.15) is 11.1 Å². The highest BCUT2D eigenvalue weighted by atomic mass is 16.5. The molecule has 0 bridgehead atoms. The van der Waals surface area contributed by atoms with E-state index in [4.69, 9.17) is 14.2 Å². The molecule has 0 saturated carbocycles. The molecule has 0 fully saturated rings. The number of carbonyl (C=O) groups excluding carboxylic acids is 1. The predicted molar refractivity (Wildman–Crippen MR) is 96.2 cm³/mol. The van der Waals surface area contributed by atoms with Crippen LogP contribution in [0.15, 0.2) is 48.5 Å². The molecule has 0 spiro atoms. The summed E-state index contributed by atoms with van der Waals surface area (Å²) in [6, 6.07) is 13.3. The van der Waals surface area contributed by atoms with Crippen LogP contribution in [-0.4, -0.2) is 33.4 Å². The normalized spacial score (nSPS) is 10.5. The van der Waals surface area contributed by atoms with Crippen LogP contribution >= 0.6 is 0 Å². The zero-order valence-electron chi connectivity index (χ0n) is 14.7. The Bertz CT molecular complexity index is 719. The number of hydrogen-bond donors (Lipinski definition) is 0. The van der Waals surface area contributed by atoms with E-state index in [9.17, 15) is 4.79 Å². The Morgan fingerprint density at radius 3 is 2.36 bits per heavy atom. The van der Waals surface area contributed by atoms with Crippen molar-refractivity contribution in [2.75, 3.05) is 27.4 Å². The van der Waals surface area contributed by atoms with E-state index < -0.39 is 5.97 Å². The second-order valence-electron chi connectivity index (χ2n) is 5.28. The highest BCUT2D eigenvalue weighted by Gasteiger charge is 2.05. The second-order valence-corrected chi connectivity index (χ2v) is 5.28. The van der Waals surface area contributed by atoms with E-state index in [1.807, 2.05) is 37.3 Å². The fourth-order valence-corrected chi connectivity index (χ4v) is 2.09. The number of benzene rings is 2. The molecule has 5 heteroatoms. The van der Waals surface area contributed by atoms with Crippen molar-refractivity contribution in [3.05, 3.63) is 59.7 Å². The molecule has 0 heterocycles. The number of methoxy groups -OCH3 is 2. The largest absolute Gasteiger partial charge is 0.493 e. The van der Waals surface area contributed by atoms with Crippen molar-refractivity contribution in [2.24, 2.45) is 0 Å². The molecule has 0 atom stereocenters. The molecule has 0 aliphatic rings. The minimum atomic E-state index is -0.410. The van der Waals surface area contributed by atoms with Gasteiger partial charge in [-0.25, -0.2) is 4.79 Å². The first-order valence-corrected chi connectivity index (χ1v) is 7.88. The van der Waals surface area contributed by atoms with Gasteiger partial charge in [-0.05, 0) is 42.8 Å². The Hall–Kier alpha value is -2.95. The van der Waals surface area contributed by atoms with Gasteiger partial charge in [0.2, 0.25) is 0 Å². The Morgan fingerprint density at radius 2 is 1.68 bits per heavy atom. The van der Waals surface area contributed by atoms with Gasteiger partial charge in [-0.2, -0.15) is 0 Å². The van der Waals surface area contributed by atoms with Gasteiger partial charge >= 0.3 is 5.97 Å². The topological polar surface area (TPSA) is 54.0 Å². The Kier molecular flexibility index (Phi) is 6.89. The number of esters is 1. The first-order chi connectivity index (χ1) is 12.1. The van der Waals surface area contributed by atoms with Crippen molar-refractivity contribution in [1.82, 2.24) is 0 Å². The minimum Gasteiger partial charge on any atom is -0.493 e. The first kappa shape index (κ1) is 18.4. The van der Waals surface area contributed by atoms with Crippen molar-refractivity contribution in [2.45, 2.75) is 6.92 Å². The van der Waals surface area contributed by atoms with E-state index in [1.165, 1.54) is 18.7 Å². The highest BCUT2D eigenvalue weighted by Crippen LogP contribution is 2.28. The lowest BCUT2D eigenvalue weighted by Gasteiger charge is -2.12. The van der Waals surface area contributed by atoms with Crippen molar-refractivity contribution >= 4 is 12.0 Å². The van der Waals surface area contributed by atoms with E-state index >= 15 is 0 Å². The van der Waals surface area contributed by atoms with E-state index in [0.29, 0.717) is 24.7 Å². The summed E-state index contributed by atoms with van der Waals surface area (Å²) in [6.45, 7) is 2.85. The zero-order valence-corrected chi connectivity index (χ0v) is 14.7. The highest BCUT2D eigenvalue weighted by molar-refractivity contribution is 5.87. The monoisotopic (exact) mass is 342 g/mol. The first-order valence-electron chi connectivity index (χ1n) is 7.88. The Morgan fingerprint density at radius 1 is 0.960 bits per heavy atom. The molecule has 0 amide bonds. The molecule has 5 nitrogen and oxygen atoms in total. The number of ether oxygens (including phenoxy) is 4. The van der Waals surface area contributed by atoms with Crippen LogP contribution in [0.4, 0.5) is 0 Å². The molecule has 0 N–H and O–H groups in total. The Balaban J connectivity index is 1.89. The molecule has 0 aliphatic heterocycles. The maximum absolute atomic E-state index is 11.1. The predicted octanol–water partition coefficient (Wildman–Crippen LogP) is 3.65. The van der Waals surface area contributed by atoms with Gasteiger partial charge in [-0.3, -0.25) is 0 Å². The van der Waals surface area contributed by atoms with Crippen LogP contribution in [0.2, 0.25) is 0 Å². The number of rotatable bonds is 8. The van der Waals surface area contributed by atoms with Crippen LogP contribution < -0.4 is 14.2 Å². The minimum absolute atomic E-state index is 0.390. The third-order valence-electron chi connectivity index (χ3n) is 3.43. The van der Waals surface area contributed by atoms with Gasteiger partial charge in [0.15, 0.2) is 11.5 Å². The van der Waals surface area contributed by atoms with Crippen molar-refractivity contribution in [3.63, 3.8) is 0 Å². The summed E-state index contributed by atoms with van der Waals surface area (Å²) in [7, 11) is 2.90. The van der Waals surface area contributed by atoms with Gasteiger partial charge in [0.25, 0.3) is 0 Å². The lowest BCUT2D eigenvalue weighted by molar-refractivity contribution is -0.134. The number of hydrogen-bond acceptors (Lipinski definition) is 5. The number of carbonyl (C=O) groups is 1. The summed E-state index contributed by atoms with van der Waals surface area (Å²) in [6.07, 6.45) is 3.00. The van der Waals surface area contributed by atoms with Gasteiger partial charge in [0.1, 0.15) is 19.0 Å². The van der Waals surface area contributed by atoms with Crippen LogP contribution in [0, 0.1) is 6.92 Å². The number of aryl methyl sites for hydroxylation is 1. The summed E-state index contributed by atoms with van der Waals surface area (Å²) < 4.78 is 21.2. The van der Waals surface area contributed by atoms with E-state index in [0.717, 1.165) is 11.3 Å². The fourth-order valence-electron chi connectivity index (χ4n) is 2.09. The fraction of sp³-hybridized carbons (Fsp3) is 0.250. The average molecular weight is 342 g/mol. The van der Waals surface area contributed by atoms with Gasteiger partial charge in [-0.15, -0.1) is 0 Å². The van der Waals surface area contributed by atoms with Gasteiger partial charge in [-0.1, -0.05) is 23.8 Å². The van der Waals surface area contributed by atoms with Crippen LogP contribution in [0.3, 0.4) is 0 Å². The molecular weight excluding hydrogens is 320 g/mol. The molecule has 2 aromatic carbocycles. The zero-order chi connectivity index (χ0) is 18.1. The summed E-state index contributed by atoms with van der Waals surface area (Å²) in [4.78, 5) is 11.1. The third kappa shape index (κ3) is 5.88. The second kappa shape index (κ2) is 9.37. The molecule has 25 heavy (non-hydrogen) atoms. The van der Waals surface area contributed by atoms with Gasteiger partial charge in [0, 0.05) is 6.08 Å². The van der Waals surface area contributed by atoms with Crippen molar-refractivity contribution in [1.29, 1.82) is 0 Å². The Labute approximate surface area is 147 Å². The molecule has 0 saturated heterocycles. The molecule has 132 valence electrons. The molecule has 0 aromatic heterocycles. The standard InChI is InChI=1S/C20H22O5/c1-15-4-8-17(9-5-15)24-12-13-25-18-10-6-16(14-19(18)22-2)7-11-20(21)23-3/h4-11,14H,12-13H2,1-3H3/b11-7+. The van der Waals surface area contributed by atoms with Gasteiger partial charge in [0.05, 0.1) is 14.2 Å². The molecule has 0 unspecified atom stereocenters. The molecular formula is C20H22O5. The molecule has 0 aliphatic carbocycles. The lowest BCUT2D eigenvalue weighted by Crippen LogP contribution is -2.09. The van der Waals surface area contributed by atoms with E-state index in [2.05, 4.69) is 4.74 Å². The van der Waals surface area contributed by atoms with Crippen molar-refractivity contribution < 1.29 is 23.7 Å². The van der Waals surface area contributed by atoms with Crippen molar-refractivity contribution in [3.8, 4) is 17.2 Å². The van der Waals surface area contributed by atoms with Gasteiger partial charge < -0.3 is 18.9 Å². The van der Waals surface area contributed by atoms with Crippen LogP contribution in [-0.2, 0) is 9.53 Å². The lowest BCUT2D eigenvalue weighted by atomic mass is 10.2. The van der Waals surface area contributed by atoms with E-state index in [-0.39, 0.29) is 0 Å². The summed E-state index contributed by atoms with van der Waals surface area (Å²) in [5.41, 5.74) is 2.00. The maximum atomic E-state index is 11.1. The van der Waals surface area contributed by atoms with Crippen LogP contribution in [0.25, 0.3) is 6.08 Å². The third-order valence-corrected chi connectivity index (χ3v) is 3.43. The molecule has 2 rings (SSSR count). The molecule has 2 aromatic rings. The quantitative estimate of drug-likeness (QED) is 0.416. The molecule has 0 radical (unpaired) electrons. The maximum Gasteiger partial charge on any atom is 0.330 e. The summed E-state index contributed by atoms with van der Waals surface area (Å²) in [5, 5.41) is 0. The summed E-state index contributed by atoms with van der Waals surface area (Å²) in [5.74, 6) is 1.60. The average Bonchev–Trinajstić information content (AvgIpc) is 2.65.